The van der Waals surface area contributed by atoms with Gasteiger partial charge in [0.2, 0.25) is 0 Å². The number of hydrogen-bond donors (Lipinski definition) is 3. The van der Waals surface area contributed by atoms with Crippen molar-refractivity contribution in [3.05, 3.63) is 53.9 Å². The molecule has 0 radical (unpaired) electrons. The second-order valence-electron chi connectivity index (χ2n) is 5.71. The lowest BCUT2D eigenvalue weighted by Crippen LogP contribution is -2.34. The van der Waals surface area contributed by atoms with Crippen LogP contribution in [0.5, 0.6) is 5.88 Å². The standard InChI is InChI=1S/C18H23F3N6O/c1-4-24-12(2)17-14(16(22-3)5-6-25-17)11-23-7-8-28-18-15(19)9-13(10-26-18)27(20)21/h5-6,9-11,16,22,24-25H,2,4,7-8H2,1,3H3. The van der Waals surface area contributed by atoms with Crippen molar-refractivity contribution in [3.8, 4) is 5.88 Å². The normalized spacial score (nSPS) is 16.2. The highest BCUT2D eigenvalue weighted by Gasteiger charge is 2.18. The molecule has 7 nitrogen and oxygen atoms in total. The number of likely N-dealkylation sites (N-methyl/N-ethyl adjacent to an activating group) is 2. The van der Waals surface area contributed by atoms with Gasteiger partial charge in [-0.3, -0.25) is 4.99 Å². The molecule has 1 unspecified atom stereocenters. The molecule has 0 spiro atoms. The molecule has 28 heavy (non-hydrogen) atoms. The first-order valence-corrected chi connectivity index (χ1v) is 8.65. The zero-order valence-electron chi connectivity index (χ0n) is 15.7. The number of nitrogens with one attached hydrogen (secondary N) is 3. The van der Waals surface area contributed by atoms with Crippen LogP contribution in [0.25, 0.3) is 0 Å². The first kappa shape index (κ1) is 21.3. The fourth-order valence-electron chi connectivity index (χ4n) is 2.50. The van der Waals surface area contributed by atoms with Gasteiger partial charge in [-0.15, -0.1) is 0 Å². The van der Waals surface area contributed by atoms with Gasteiger partial charge in [0, 0.05) is 24.4 Å². The molecule has 10 heteroatoms. The third-order valence-corrected chi connectivity index (χ3v) is 3.82. The summed E-state index contributed by atoms with van der Waals surface area (Å²) in [6.07, 6.45) is 6.28. The molecule has 0 aromatic carbocycles. The van der Waals surface area contributed by atoms with Gasteiger partial charge < -0.3 is 20.7 Å². The number of aliphatic imine (C=N–C) groups is 1. The highest BCUT2D eigenvalue weighted by molar-refractivity contribution is 5.83. The summed E-state index contributed by atoms with van der Waals surface area (Å²) in [5.41, 5.74) is 1.79. The molecule has 0 saturated carbocycles. The smallest absolute Gasteiger partial charge is 0.250 e. The maximum atomic E-state index is 13.7. The Kier molecular flexibility index (Phi) is 7.88. The van der Waals surface area contributed by atoms with E-state index < -0.39 is 16.8 Å². The van der Waals surface area contributed by atoms with E-state index in [1.807, 2.05) is 26.2 Å². The zero-order valence-corrected chi connectivity index (χ0v) is 15.7. The minimum atomic E-state index is -1.22. The average molecular weight is 396 g/mol. The van der Waals surface area contributed by atoms with Crippen molar-refractivity contribution in [1.29, 1.82) is 0 Å². The summed E-state index contributed by atoms with van der Waals surface area (Å²) in [7, 11) is 1.83. The summed E-state index contributed by atoms with van der Waals surface area (Å²) in [5.74, 6) is -1.32. The number of ether oxygens (including phenoxy) is 1. The highest BCUT2D eigenvalue weighted by Crippen LogP contribution is 2.21. The summed E-state index contributed by atoms with van der Waals surface area (Å²) < 4.78 is 43.5. The summed E-state index contributed by atoms with van der Waals surface area (Å²) >= 11 is 0. The van der Waals surface area contributed by atoms with Crippen LogP contribution in [0.15, 0.2) is 53.1 Å². The summed E-state index contributed by atoms with van der Waals surface area (Å²) in [4.78, 5) is 7.85. The molecule has 0 fully saturated rings. The second kappa shape index (κ2) is 10.4. The Balaban J connectivity index is 1.99. The second-order valence-corrected chi connectivity index (χ2v) is 5.71. The molecule has 0 amide bonds. The van der Waals surface area contributed by atoms with Crippen molar-refractivity contribution in [2.45, 2.75) is 13.0 Å². The largest absolute Gasteiger partial charge is 0.474 e. The maximum absolute atomic E-state index is 13.7. The molecule has 1 aliphatic heterocycles. The molecule has 0 bridgehead atoms. The van der Waals surface area contributed by atoms with Crippen LogP contribution in [0.4, 0.5) is 19.0 Å². The molecule has 152 valence electrons. The van der Waals surface area contributed by atoms with Crippen LogP contribution in [-0.4, -0.2) is 44.0 Å². The van der Waals surface area contributed by atoms with Crippen LogP contribution in [0, 0.1) is 5.82 Å². The highest BCUT2D eigenvalue weighted by atomic mass is 19.4. The van der Waals surface area contributed by atoms with Crippen LogP contribution in [-0.2, 0) is 0 Å². The molecule has 1 aromatic heterocycles. The average Bonchev–Trinajstić information content (AvgIpc) is 2.68. The first-order valence-electron chi connectivity index (χ1n) is 8.65. The number of halogens is 3. The maximum Gasteiger partial charge on any atom is 0.250 e. The first-order chi connectivity index (χ1) is 13.5. The topological polar surface area (TPSA) is 73.8 Å². The Morgan fingerprint density at radius 1 is 1.50 bits per heavy atom. The van der Waals surface area contributed by atoms with Crippen molar-refractivity contribution in [1.82, 2.24) is 20.9 Å². The number of rotatable bonds is 10. The Hall–Kier alpha value is -3.01. The molecular weight excluding hydrogens is 373 g/mol. The van der Waals surface area contributed by atoms with E-state index in [1.54, 1.807) is 6.21 Å². The number of anilines is 1. The van der Waals surface area contributed by atoms with E-state index in [-0.39, 0.29) is 25.1 Å². The van der Waals surface area contributed by atoms with Gasteiger partial charge in [0.1, 0.15) is 12.3 Å². The predicted octanol–water partition coefficient (Wildman–Crippen LogP) is 2.33. The fourth-order valence-corrected chi connectivity index (χ4v) is 2.50. The van der Waals surface area contributed by atoms with Crippen molar-refractivity contribution in [2.75, 3.05) is 32.1 Å². The summed E-state index contributed by atoms with van der Waals surface area (Å²) in [6, 6.07) is 0.597. The molecule has 1 atom stereocenters. The summed E-state index contributed by atoms with van der Waals surface area (Å²) in [6.45, 7) is 6.99. The van der Waals surface area contributed by atoms with Crippen LogP contribution < -0.4 is 26.0 Å². The van der Waals surface area contributed by atoms with E-state index in [2.05, 4.69) is 32.5 Å². The van der Waals surface area contributed by atoms with Gasteiger partial charge in [-0.25, -0.2) is 9.37 Å². The van der Waals surface area contributed by atoms with Crippen molar-refractivity contribution >= 4 is 11.9 Å². The van der Waals surface area contributed by atoms with Gasteiger partial charge in [0.15, 0.2) is 5.82 Å². The van der Waals surface area contributed by atoms with Gasteiger partial charge in [-0.05, 0) is 31.6 Å². The lowest BCUT2D eigenvalue weighted by Gasteiger charge is -2.24. The number of nitrogens with zero attached hydrogens (tertiary/aromatic N) is 3. The lowest BCUT2D eigenvalue weighted by molar-refractivity contribution is 0.233. The molecule has 1 aliphatic rings. The van der Waals surface area contributed by atoms with Crippen LogP contribution >= 0.6 is 0 Å². The Morgan fingerprint density at radius 3 is 2.93 bits per heavy atom. The third-order valence-electron chi connectivity index (χ3n) is 3.82. The quantitative estimate of drug-likeness (QED) is 0.320. The van der Waals surface area contributed by atoms with E-state index in [0.29, 0.717) is 6.07 Å². The number of pyridine rings is 1. The molecule has 3 N–H and O–H groups in total. The minimum absolute atomic E-state index is 0.0407. The van der Waals surface area contributed by atoms with Crippen LogP contribution in [0.2, 0.25) is 0 Å². The van der Waals surface area contributed by atoms with Gasteiger partial charge in [0.05, 0.1) is 30.2 Å². The molecule has 0 saturated heterocycles. The van der Waals surface area contributed by atoms with E-state index >= 15 is 0 Å². The molecule has 0 aliphatic carbocycles. The molecule has 2 heterocycles. The van der Waals surface area contributed by atoms with Gasteiger partial charge >= 0.3 is 0 Å². The lowest BCUT2D eigenvalue weighted by atomic mass is 10.0. The monoisotopic (exact) mass is 396 g/mol. The van der Waals surface area contributed by atoms with Gasteiger partial charge in [0.25, 0.3) is 5.88 Å². The van der Waals surface area contributed by atoms with Crippen LogP contribution in [0.3, 0.4) is 0 Å². The van der Waals surface area contributed by atoms with Crippen molar-refractivity contribution in [3.63, 3.8) is 0 Å². The third kappa shape index (κ3) is 5.49. The Morgan fingerprint density at radius 2 is 2.29 bits per heavy atom. The SMILES string of the molecule is C=C(NCC)C1=C(C=NCCOc2ncc(N(F)F)cc2F)C(NC)C=CN1. The van der Waals surface area contributed by atoms with E-state index in [0.717, 1.165) is 29.7 Å². The van der Waals surface area contributed by atoms with Gasteiger partial charge in [-0.2, -0.15) is 0 Å². The fraction of sp³-hybridized carbons (Fsp3) is 0.333. The van der Waals surface area contributed by atoms with Gasteiger partial charge in [-0.1, -0.05) is 15.5 Å². The predicted molar refractivity (Wildman–Crippen MR) is 103 cm³/mol. The van der Waals surface area contributed by atoms with Crippen molar-refractivity contribution in [2.24, 2.45) is 4.99 Å². The van der Waals surface area contributed by atoms with Crippen molar-refractivity contribution < 1.29 is 18.1 Å². The van der Waals surface area contributed by atoms with E-state index in [1.165, 1.54) is 0 Å². The minimum Gasteiger partial charge on any atom is -0.474 e. The number of hydrogen-bond acceptors (Lipinski definition) is 7. The Bertz CT molecular complexity index is 779. The Labute approximate surface area is 161 Å². The van der Waals surface area contributed by atoms with E-state index in [4.69, 9.17) is 4.74 Å². The molecule has 1 aromatic rings. The molecule has 2 rings (SSSR count). The zero-order chi connectivity index (χ0) is 20.5. The van der Waals surface area contributed by atoms with Crippen LogP contribution in [0.1, 0.15) is 6.92 Å². The summed E-state index contributed by atoms with van der Waals surface area (Å²) in [5, 5.41) is 8.27. The number of aromatic nitrogens is 1. The van der Waals surface area contributed by atoms with E-state index in [9.17, 15) is 13.4 Å². The molecular formula is C18H23F3N6O. The number of dihydropyridines is 1.